The molecule has 0 radical (unpaired) electrons. The average molecular weight is 423 g/mol. The summed E-state index contributed by atoms with van der Waals surface area (Å²) in [4.78, 5) is 40.6. The molecule has 1 N–H and O–H groups in total. The fourth-order valence-corrected chi connectivity index (χ4v) is 3.10. The van der Waals surface area contributed by atoms with Gasteiger partial charge >= 0.3 is 0 Å². The number of rotatable bonds is 6. The first-order valence-corrected chi connectivity index (χ1v) is 9.40. The molecule has 4 rings (SSSR count). The molecule has 0 aliphatic carbocycles. The van der Waals surface area contributed by atoms with Gasteiger partial charge in [0.25, 0.3) is 17.0 Å². The maximum atomic E-state index is 13.4. The number of aromatic nitrogens is 6. The second-order valence-electron chi connectivity index (χ2n) is 6.85. The summed E-state index contributed by atoms with van der Waals surface area (Å²) >= 11 is 0. The minimum absolute atomic E-state index is 0.116. The first-order valence-electron chi connectivity index (χ1n) is 9.40. The lowest BCUT2D eigenvalue weighted by Crippen LogP contribution is -2.30. The normalized spacial score (nSPS) is 11.0. The molecule has 4 aromatic rings. The Morgan fingerprint density at radius 3 is 2.81 bits per heavy atom. The molecule has 31 heavy (non-hydrogen) atoms. The molecule has 0 spiro atoms. The van der Waals surface area contributed by atoms with Crippen LogP contribution in [-0.4, -0.2) is 41.6 Å². The first kappa shape index (κ1) is 20.1. The summed E-state index contributed by atoms with van der Waals surface area (Å²) in [6.07, 6.45) is 2.81. The van der Waals surface area contributed by atoms with Crippen molar-refractivity contribution >= 4 is 16.9 Å². The molecular formula is C20H18FN7O3. The third-order valence-corrected chi connectivity index (χ3v) is 4.67. The molecule has 1 aromatic carbocycles. The Morgan fingerprint density at radius 2 is 2.03 bits per heavy atom. The highest BCUT2D eigenvalue weighted by atomic mass is 19.1. The van der Waals surface area contributed by atoms with Crippen molar-refractivity contribution in [2.24, 2.45) is 7.05 Å². The van der Waals surface area contributed by atoms with Crippen LogP contribution in [0.3, 0.4) is 0 Å². The second-order valence-corrected chi connectivity index (χ2v) is 6.85. The van der Waals surface area contributed by atoms with Crippen molar-refractivity contribution < 1.29 is 9.18 Å². The third kappa shape index (κ3) is 4.25. The van der Waals surface area contributed by atoms with E-state index in [0.29, 0.717) is 16.6 Å². The first-order chi connectivity index (χ1) is 14.9. The molecule has 0 aliphatic rings. The molecule has 0 aliphatic heterocycles. The second kappa shape index (κ2) is 8.30. The summed E-state index contributed by atoms with van der Waals surface area (Å²) in [7, 11) is 1.46. The number of nitrogens with one attached hydrogen (secondary N) is 1. The number of aryl methyl sites for hydroxylation is 1. The molecule has 3 aromatic heterocycles. The summed E-state index contributed by atoms with van der Waals surface area (Å²) in [6.45, 7) is 0.683. The Hall–Kier alpha value is -4.15. The van der Waals surface area contributed by atoms with Gasteiger partial charge in [-0.2, -0.15) is 10.2 Å². The molecule has 158 valence electrons. The van der Waals surface area contributed by atoms with Crippen LogP contribution in [0.15, 0.2) is 58.5 Å². The highest BCUT2D eigenvalue weighted by Gasteiger charge is 2.12. The zero-order valence-electron chi connectivity index (χ0n) is 16.5. The summed E-state index contributed by atoms with van der Waals surface area (Å²) in [5.41, 5.74) is 0.541. The van der Waals surface area contributed by atoms with Crippen molar-refractivity contribution in [3.05, 3.63) is 86.7 Å². The van der Waals surface area contributed by atoms with E-state index < -0.39 is 5.91 Å². The zero-order valence-corrected chi connectivity index (χ0v) is 16.5. The fraction of sp³-hybridized carbons (Fsp3) is 0.200. The number of halogens is 1. The van der Waals surface area contributed by atoms with Crippen LogP contribution in [0.4, 0.5) is 4.39 Å². The molecule has 0 unspecified atom stereocenters. The Bertz CT molecular complexity index is 1390. The minimum atomic E-state index is -0.433. The Morgan fingerprint density at radius 1 is 1.19 bits per heavy atom. The van der Waals surface area contributed by atoms with Crippen molar-refractivity contribution in [3.63, 3.8) is 0 Å². The molecule has 0 bridgehead atoms. The van der Waals surface area contributed by atoms with Gasteiger partial charge in [0.1, 0.15) is 23.2 Å². The van der Waals surface area contributed by atoms with E-state index in [9.17, 15) is 18.8 Å². The number of carbonyl (C=O) groups is 1. The van der Waals surface area contributed by atoms with Crippen molar-refractivity contribution in [1.82, 2.24) is 34.4 Å². The monoisotopic (exact) mass is 423 g/mol. The Balaban J connectivity index is 1.46. The molecule has 11 heteroatoms. The summed E-state index contributed by atoms with van der Waals surface area (Å²) < 4.78 is 17.4. The molecule has 10 nitrogen and oxygen atoms in total. The van der Waals surface area contributed by atoms with Crippen LogP contribution >= 0.6 is 0 Å². The van der Waals surface area contributed by atoms with Crippen LogP contribution in [0.1, 0.15) is 16.1 Å². The van der Waals surface area contributed by atoms with Gasteiger partial charge < -0.3 is 5.32 Å². The number of hydrogen-bond acceptors (Lipinski definition) is 6. The summed E-state index contributed by atoms with van der Waals surface area (Å²) in [6, 6.07) is 8.63. The number of benzene rings is 1. The fourth-order valence-electron chi connectivity index (χ4n) is 3.10. The number of carbonyl (C=O) groups excluding carboxylic acids is 1. The molecule has 0 fully saturated rings. The predicted octanol–water partition coefficient (Wildman–Crippen LogP) is 0.304. The van der Waals surface area contributed by atoms with Crippen molar-refractivity contribution in [2.45, 2.75) is 13.1 Å². The van der Waals surface area contributed by atoms with E-state index in [1.807, 2.05) is 0 Å². The lowest BCUT2D eigenvalue weighted by atomic mass is 10.2. The maximum Gasteiger partial charge on any atom is 0.271 e. The lowest BCUT2D eigenvalue weighted by Gasteiger charge is -2.08. The summed E-state index contributed by atoms with van der Waals surface area (Å²) in [5.74, 6) is -0.806. The number of hydrogen-bond donors (Lipinski definition) is 1. The van der Waals surface area contributed by atoms with E-state index in [4.69, 9.17) is 0 Å². The zero-order chi connectivity index (χ0) is 22.0. The van der Waals surface area contributed by atoms with Gasteiger partial charge in [-0.05, 0) is 23.8 Å². The van der Waals surface area contributed by atoms with Crippen molar-refractivity contribution in [3.8, 4) is 0 Å². The molecule has 0 saturated heterocycles. The van der Waals surface area contributed by atoms with Gasteiger partial charge in [-0.15, -0.1) is 0 Å². The molecule has 1 amide bonds. The van der Waals surface area contributed by atoms with Gasteiger partial charge in [-0.1, -0.05) is 12.1 Å². The van der Waals surface area contributed by atoms with Crippen molar-refractivity contribution in [1.29, 1.82) is 0 Å². The Kier molecular flexibility index (Phi) is 5.39. The van der Waals surface area contributed by atoms with Crippen LogP contribution in [-0.2, 0) is 20.1 Å². The van der Waals surface area contributed by atoms with Crippen LogP contribution in [0.2, 0.25) is 0 Å². The quantitative estimate of drug-likeness (QED) is 0.477. The van der Waals surface area contributed by atoms with Gasteiger partial charge in [-0.25, -0.2) is 18.7 Å². The number of fused-ring (bicyclic) bond motifs is 1. The Labute approximate surface area is 174 Å². The van der Waals surface area contributed by atoms with Gasteiger partial charge in [0.15, 0.2) is 5.65 Å². The molecule has 0 saturated carbocycles. The highest BCUT2D eigenvalue weighted by Crippen LogP contribution is 2.08. The van der Waals surface area contributed by atoms with Crippen molar-refractivity contribution in [2.75, 3.05) is 6.54 Å². The molecular weight excluding hydrogens is 405 g/mol. The smallest absolute Gasteiger partial charge is 0.271 e. The lowest BCUT2D eigenvalue weighted by molar-refractivity contribution is 0.0944. The van der Waals surface area contributed by atoms with Crippen LogP contribution in [0, 0.1) is 5.82 Å². The molecule has 3 heterocycles. The van der Waals surface area contributed by atoms with Gasteiger partial charge in [0.05, 0.1) is 19.3 Å². The third-order valence-electron chi connectivity index (χ3n) is 4.67. The van der Waals surface area contributed by atoms with E-state index in [0.717, 1.165) is 4.68 Å². The van der Waals surface area contributed by atoms with E-state index in [2.05, 4.69) is 20.5 Å². The minimum Gasteiger partial charge on any atom is -0.349 e. The number of amides is 1. The average Bonchev–Trinajstić information content (AvgIpc) is 3.16. The standard InChI is InChI=1S/C20H18FN7O3/c1-26-17(29)6-5-16(25-26)19(30)22-7-8-28-18-15(10-24-28)20(31)27(12-23-18)11-13-3-2-4-14(21)9-13/h2-6,9-10,12H,7-8,11H2,1H3,(H,22,30). The van der Waals surface area contributed by atoms with Crippen LogP contribution in [0.25, 0.3) is 11.0 Å². The maximum absolute atomic E-state index is 13.4. The van der Waals surface area contributed by atoms with E-state index in [-0.39, 0.29) is 42.3 Å². The predicted molar refractivity (Wildman–Crippen MR) is 109 cm³/mol. The topological polar surface area (TPSA) is 117 Å². The van der Waals surface area contributed by atoms with E-state index >= 15 is 0 Å². The van der Waals surface area contributed by atoms with E-state index in [1.54, 1.807) is 12.1 Å². The highest BCUT2D eigenvalue weighted by molar-refractivity contribution is 5.91. The molecule has 0 atom stereocenters. The largest absolute Gasteiger partial charge is 0.349 e. The van der Waals surface area contributed by atoms with Gasteiger partial charge in [0.2, 0.25) is 0 Å². The van der Waals surface area contributed by atoms with Crippen LogP contribution < -0.4 is 16.4 Å². The van der Waals surface area contributed by atoms with Gasteiger partial charge in [0, 0.05) is 19.7 Å². The van der Waals surface area contributed by atoms with E-state index in [1.165, 1.54) is 53.1 Å². The summed E-state index contributed by atoms with van der Waals surface area (Å²) in [5, 5.41) is 11.1. The number of nitrogens with zero attached hydrogens (tertiary/aromatic N) is 6. The SMILES string of the molecule is Cn1nc(C(=O)NCCn2ncc3c(=O)n(Cc4cccc(F)c4)cnc32)ccc1=O. The van der Waals surface area contributed by atoms with Crippen LogP contribution in [0.5, 0.6) is 0 Å². The van der Waals surface area contributed by atoms with Gasteiger partial charge in [-0.3, -0.25) is 19.0 Å².